The molecule has 170 valence electrons. The standard InChI is InChI=1S/C24H27FN2O4S/c1-15-9-16(2)13-27(12-15)22-11-21-19(10-20(22)25)24(28)23(14-26(21)3)32(29,30)18-7-5-17(31-4)6-8-18/h5-8,10-11,14-16H,9,12-13H2,1-4H3/t15-,16-/m1/s1. The number of aryl methyl sites for hydroxylation is 1. The van der Waals surface area contributed by atoms with Crippen molar-refractivity contribution in [3.63, 3.8) is 0 Å². The lowest BCUT2D eigenvalue weighted by Crippen LogP contribution is -2.39. The first kappa shape index (κ1) is 22.3. The highest BCUT2D eigenvalue weighted by Gasteiger charge is 2.27. The number of piperidine rings is 1. The molecule has 0 unspecified atom stereocenters. The Labute approximate surface area is 187 Å². The van der Waals surface area contributed by atoms with E-state index in [0.29, 0.717) is 28.8 Å². The average molecular weight is 459 g/mol. The van der Waals surface area contributed by atoms with Crippen molar-refractivity contribution in [1.82, 2.24) is 4.57 Å². The maximum Gasteiger partial charge on any atom is 0.211 e. The predicted molar refractivity (Wildman–Crippen MR) is 123 cm³/mol. The number of aromatic nitrogens is 1. The summed E-state index contributed by atoms with van der Waals surface area (Å²) in [7, 11) is -0.941. The molecular formula is C24H27FN2O4S. The quantitative estimate of drug-likeness (QED) is 0.591. The van der Waals surface area contributed by atoms with Crippen molar-refractivity contribution < 1.29 is 17.5 Å². The van der Waals surface area contributed by atoms with Gasteiger partial charge in [0.1, 0.15) is 16.5 Å². The smallest absolute Gasteiger partial charge is 0.211 e. The molecule has 0 amide bonds. The number of rotatable bonds is 4. The summed E-state index contributed by atoms with van der Waals surface area (Å²) >= 11 is 0. The lowest BCUT2D eigenvalue weighted by molar-refractivity contribution is 0.354. The molecule has 32 heavy (non-hydrogen) atoms. The maximum absolute atomic E-state index is 15.2. The highest BCUT2D eigenvalue weighted by molar-refractivity contribution is 7.91. The Balaban J connectivity index is 1.84. The van der Waals surface area contributed by atoms with E-state index in [1.54, 1.807) is 17.7 Å². The molecule has 2 atom stereocenters. The second-order valence-corrected chi connectivity index (χ2v) is 10.7. The van der Waals surface area contributed by atoms with Crippen molar-refractivity contribution in [1.29, 1.82) is 0 Å². The minimum Gasteiger partial charge on any atom is -0.497 e. The van der Waals surface area contributed by atoms with E-state index in [1.807, 2.05) is 4.90 Å². The zero-order valence-corrected chi connectivity index (χ0v) is 19.4. The van der Waals surface area contributed by atoms with Crippen LogP contribution in [0.2, 0.25) is 0 Å². The second kappa shape index (κ2) is 8.24. The van der Waals surface area contributed by atoms with Crippen molar-refractivity contribution in [3.8, 4) is 5.75 Å². The summed E-state index contributed by atoms with van der Waals surface area (Å²) in [6.07, 6.45) is 2.41. The molecule has 1 aliphatic rings. The van der Waals surface area contributed by atoms with Crippen molar-refractivity contribution >= 4 is 26.4 Å². The Kier molecular flexibility index (Phi) is 5.75. The van der Waals surface area contributed by atoms with Gasteiger partial charge in [-0.25, -0.2) is 12.8 Å². The van der Waals surface area contributed by atoms with Crippen LogP contribution in [-0.2, 0) is 16.9 Å². The van der Waals surface area contributed by atoms with E-state index < -0.39 is 21.1 Å². The first-order valence-corrected chi connectivity index (χ1v) is 12.1. The van der Waals surface area contributed by atoms with Crippen LogP contribution in [0.4, 0.5) is 10.1 Å². The molecule has 0 N–H and O–H groups in total. The summed E-state index contributed by atoms with van der Waals surface area (Å²) in [5, 5.41) is 0.0430. The summed E-state index contributed by atoms with van der Waals surface area (Å²) in [5.41, 5.74) is 0.224. The molecule has 2 heterocycles. The summed E-state index contributed by atoms with van der Waals surface area (Å²) < 4.78 is 48.1. The fourth-order valence-electron chi connectivity index (χ4n) is 4.64. The van der Waals surface area contributed by atoms with Gasteiger partial charge in [-0.2, -0.15) is 0 Å². The van der Waals surface area contributed by atoms with Crippen LogP contribution in [0, 0.1) is 17.7 Å². The highest BCUT2D eigenvalue weighted by Crippen LogP contribution is 2.31. The lowest BCUT2D eigenvalue weighted by Gasteiger charge is -2.36. The van der Waals surface area contributed by atoms with Crippen LogP contribution >= 0.6 is 0 Å². The Hall–Kier alpha value is -2.87. The Morgan fingerprint density at radius 1 is 1.06 bits per heavy atom. The number of nitrogens with zero attached hydrogens (tertiary/aromatic N) is 2. The normalized spacial score (nSPS) is 19.3. The third-order valence-corrected chi connectivity index (χ3v) is 7.86. The van der Waals surface area contributed by atoms with E-state index in [2.05, 4.69) is 13.8 Å². The average Bonchev–Trinajstić information content (AvgIpc) is 2.75. The van der Waals surface area contributed by atoms with E-state index in [-0.39, 0.29) is 15.2 Å². The SMILES string of the molecule is COc1ccc(S(=O)(=O)c2cn(C)c3cc(N4C[C@H](C)C[C@@H](C)C4)c(F)cc3c2=O)cc1. The monoisotopic (exact) mass is 458 g/mol. The van der Waals surface area contributed by atoms with Crippen LogP contribution in [0.5, 0.6) is 5.75 Å². The highest BCUT2D eigenvalue weighted by atomic mass is 32.2. The largest absolute Gasteiger partial charge is 0.497 e. The van der Waals surface area contributed by atoms with Crippen LogP contribution < -0.4 is 15.1 Å². The Morgan fingerprint density at radius 2 is 1.69 bits per heavy atom. The van der Waals surface area contributed by atoms with Crippen molar-refractivity contribution in [2.24, 2.45) is 18.9 Å². The number of pyridine rings is 1. The molecule has 2 aromatic carbocycles. The van der Waals surface area contributed by atoms with Crippen LogP contribution in [-0.4, -0.2) is 33.2 Å². The number of anilines is 1. The molecule has 6 nitrogen and oxygen atoms in total. The molecule has 0 aliphatic carbocycles. The van der Waals surface area contributed by atoms with Crippen LogP contribution in [0.25, 0.3) is 10.9 Å². The van der Waals surface area contributed by atoms with Crippen molar-refractivity contribution in [3.05, 3.63) is 58.6 Å². The van der Waals surface area contributed by atoms with Gasteiger partial charge in [-0.3, -0.25) is 4.79 Å². The minimum absolute atomic E-state index is 0.0249. The number of fused-ring (bicyclic) bond motifs is 1. The van der Waals surface area contributed by atoms with Gasteiger partial charge in [-0.15, -0.1) is 0 Å². The van der Waals surface area contributed by atoms with Gasteiger partial charge in [0.15, 0.2) is 0 Å². The molecule has 8 heteroatoms. The fraction of sp³-hybridized carbons (Fsp3) is 0.375. The first-order chi connectivity index (χ1) is 15.1. The van der Waals surface area contributed by atoms with Gasteiger partial charge in [0, 0.05) is 26.3 Å². The van der Waals surface area contributed by atoms with Crippen molar-refractivity contribution in [2.75, 3.05) is 25.1 Å². The third kappa shape index (κ3) is 3.88. The summed E-state index contributed by atoms with van der Waals surface area (Å²) in [4.78, 5) is 14.8. The number of sulfone groups is 1. The molecule has 1 fully saturated rings. The molecule has 3 aromatic rings. The molecule has 0 radical (unpaired) electrons. The van der Waals surface area contributed by atoms with E-state index in [0.717, 1.165) is 19.5 Å². The fourth-order valence-corrected chi connectivity index (χ4v) is 6.04. The number of benzene rings is 2. The summed E-state index contributed by atoms with van der Waals surface area (Å²) in [5.74, 6) is 0.866. The predicted octanol–water partition coefficient (Wildman–Crippen LogP) is 4.00. The van der Waals surface area contributed by atoms with Crippen molar-refractivity contribution in [2.45, 2.75) is 30.1 Å². The number of halogens is 1. The number of ether oxygens (including phenoxy) is 1. The van der Waals surface area contributed by atoms with E-state index in [9.17, 15) is 13.2 Å². The Morgan fingerprint density at radius 3 is 2.28 bits per heavy atom. The van der Waals surface area contributed by atoms with Gasteiger partial charge in [0.25, 0.3) is 0 Å². The molecule has 1 aliphatic heterocycles. The minimum atomic E-state index is -4.09. The molecule has 0 saturated carbocycles. The molecular weight excluding hydrogens is 431 g/mol. The van der Waals surface area contributed by atoms with Gasteiger partial charge < -0.3 is 14.2 Å². The second-order valence-electron chi connectivity index (χ2n) is 8.78. The lowest BCUT2D eigenvalue weighted by atomic mass is 9.91. The summed E-state index contributed by atoms with van der Waals surface area (Å²) in [6.45, 7) is 5.77. The van der Waals surface area contributed by atoms with Crippen LogP contribution in [0.1, 0.15) is 20.3 Å². The number of hydrogen-bond acceptors (Lipinski definition) is 5. The van der Waals surface area contributed by atoms with Gasteiger partial charge in [0.05, 0.1) is 28.6 Å². The molecule has 1 saturated heterocycles. The topological polar surface area (TPSA) is 68.6 Å². The van der Waals surface area contributed by atoms with Gasteiger partial charge in [-0.05, 0) is 54.7 Å². The zero-order chi connectivity index (χ0) is 23.2. The maximum atomic E-state index is 15.2. The number of methoxy groups -OCH3 is 1. The van der Waals surface area contributed by atoms with E-state index >= 15 is 4.39 Å². The summed E-state index contributed by atoms with van der Waals surface area (Å²) in [6, 6.07) is 8.64. The van der Waals surface area contributed by atoms with Gasteiger partial charge in [-0.1, -0.05) is 13.8 Å². The van der Waals surface area contributed by atoms with E-state index in [4.69, 9.17) is 4.74 Å². The first-order valence-electron chi connectivity index (χ1n) is 10.6. The molecule has 0 bridgehead atoms. The molecule has 0 spiro atoms. The van der Waals surface area contributed by atoms with Gasteiger partial charge >= 0.3 is 0 Å². The van der Waals surface area contributed by atoms with Gasteiger partial charge in [0.2, 0.25) is 15.3 Å². The Bertz CT molecular complexity index is 1320. The van der Waals surface area contributed by atoms with Crippen LogP contribution in [0.15, 0.2) is 57.2 Å². The van der Waals surface area contributed by atoms with Crippen LogP contribution in [0.3, 0.4) is 0 Å². The third-order valence-electron chi connectivity index (χ3n) is 6.09. The molecule has 1 aromatic heterocycles. The molecule has 4 rings (SSSR count). The zero-order valence-electron chi connectivity index (χ0n) is 18.6. The van der Waals surface area contributed by atoms with E-state index in [1.165, 1.54) is 43.6 Å². The number of hydrogen-bond donors (Lipinski definition) is 0.